The number of nitrogens with one attached hydrogen (secondary N) is 1. The molecule has 1 fully saturated rings. The number of hydrogen-bond donors (Lipinski definition) is 1. The summed E-state index contributed by atoms with van der Waals surface area (Å²) in [5, 5.41) is 3.36. The summed E-state index contributed by atoms with van der Waals surface area (Å²) >= 11 is 0. The van der Waals surface area contributed by atoms with Crippen molar-refractivity contribution in [3.8, 4) is 0 Å². The lowest BCUT2D eigenvalue weighted by molar-refractivity contribution is 0.112. The zero-order valence-electron chi connectivity index (χ0n) is 15.2. The maximum Gasteiger partial charge on any atom is 0.150 e. The number of hydrogen-bond acceptors (Lipinski definition) is 3. The van der Waals surface area contributed by atoms with Crippen molar-refractivity contribution in [1.29, 1.82) is 0 Å². The van der Waals surface area contributed by atoms with E-state index in [4.69, 9.17) is 0 Å². The van der Waals surface area contributed by atoms with Crippen molar-refractivity contribution < 1.29 is 4.79 Å². The number of piperazine rings is 1. The summed E-state index contributed by atoms with van der Waals surface area (Å²) in [6.45, 7) is 11.7. The van der Waals surface area contributed by atoms with Crippen molar-refractivity contribution in [2.75, 3.05) is 26.2 Å². The zero-order chi connectivity index (χ0) is 17.6. The Morgan fingerprint density at radius 1 is 0.889 bits per heavy atom. The Morgan fingerprint density at radius 3 is 1.89 bits per heavy atom. The van der Waals surface area contributed by atoms with E-state index in [9.17, 15) is 4.79 Å². The number of aryl methyl sites for hydroxylation is 1. The van der Waals surface area contributed by atoms with Crippen LogP contribution in [0, 0.1) is 6.92 Å². The van der Waals surface area contributed by atoms with Crippen LogP contribution in [0.25, 0.3) is 0 Å². The van der Waals surface area contributed by atoms with Crippen molar-refractivity contribution in [2.24, 2.45) is 0 Å². The van der Waals surface area contributed by atoms with Gasteiger partial charge in [0.05, 0.1) is 0 Å². The largest absolute Gasteiger partial charge is 0.314 e. The maximum atomic E-state index is 10.1. The van der Waals surface area contributed by atoms with E-state index >= 15 is 0 Å². The predicted octanol–water partition coefficient (Wildman–Crippen LogP) is 5.83. The number of aldehydes is 1. The number of carbonyl (C=O) groups is 1. The van der Waals surface area contributed by atoms with E-state index in [1.807, 2.05) is 45.0 Å². The minimum absolute atomic E-state index is 0. The zero-order valence-corrected chi connectivity index (χ0v) is 15.2. The first-order chi connectivity index (χ1) is 11.8. The van der Waals surface area contributed by atoms with Crippen molar-refractivity contribution in [3.05, 3.63) is 71.3 Å². The average Bonchev–Trinajstić information content (AvgIpc) is 2.66. The second-order valence-corrected chi connectivity index (χ2v) is 5.54. The summed E-state index contributed by atoms with van der Waals surface area (Å²) in [6.07, 6.45) is 0.847. The van der Waals surface area contributed by atoms with Gasteiger partial charge >= 0.3 is 0 Å². The van der Waals surface area contributed by atoms with Gasteiger partial charge in [-0.3, -0.25) is 9.69 Å². The van der Waals surface area contributed by atoms with Crippen LogP contribution < -0.4 is 5.32 Å². The Balaban J connectivity index is -0.000000370. The van der Waals surface area contributed by atoms with E-state index in [0.717, 1.165) is 31.5 Å². The minimum atomic E-state index is 0. The molecule has 0 spiro atoms. The number of benzene rings is 2. The molecule has 1 heterocycles. The van der Waals surface area contributed by atoms with Crippen molar-refractivity contribution in [1.82, 2.24) is 10.2 Å². The van der Waals surface area contributed by atoms with Gasteiger partial charge in [-0.2, -0.15) is 0 Å². The predicted molar refractivity (Wildman–Crippen MR) is 123 cm³/mol. The molecule has 1 N–H and O–H groups in total. The molecule has 3 heteroatoms. The summed E-state index contributed by atoms with van der Waals surface area (Å²) in [5.74, 6) is 0. The van der Waals surface area contributed by atoms with Crippen LogP contribution in [0.1, 0.15) is 57.6 Å². The third-order valence-electron chi connectivity index (χ3n) is 3.67. The van der Waals surface area contributed by atoms with Gasteiger partial charge in [0.1, 0.15) is 6.29 Å². The van der Waals surface area contributed by atoms with Crippen LogP contribution in [-0.2, 0) is 6.54 Å². The number of rotatable bonds is 3. The molecule has 3 rings (SSSR count). The molecule has 1 aliphatic rings. The highest BCUT2D eigenvalue weighted by Gasteiger charge is 2.08. The normalized spacial score (nSPS) is 12.3. The molecule has 3 nitrogen and oxygen atoms in total. The van der Waals surface area contributed by atoms with Gasteiger partial charge in [-0.05, 0) is 12.5 Å². The molecule has 0 aliphatic carbocycles. The van der Waals surface area contributed by atoms with E-state index < -0.39 is 0 Å². The maximum absolute atomic E-state index is 10.1. The van der Waals surface area contributed by atoms with Gasteiger partial charge in [-0.1, -0.05) is 96.3 Å². The Hall–Kier alpha value is -1.97. The van der Waals surface area contributed by atoms with Crippen molar-refractivity contribution in [2.45, 2.75) is 49.6 Å². The molecule has 2 aromatic rings. The molecule has 0 saturated carbocycles. The number of carbonyl (C=O) groups excluding carboxylic acids is 1. The van der Waals surface area contributed by atoms with Crippen molar-refractivity contribution in [3.63, 3.8) is 0 Å². The van der Waals surface area contributed by atoms with E-state index in [1.165, 1.54) is 24.2 Å². The SMILES string of the molecule is C.C.C.CC.Cc1ccc(C=O)cc1.c1ccc(CN2CCNCC2)cc1. The van der Waals surface area contributed by atoms with Gasteiger partial charge in [-0.25, -0.2) is 0 Å². The average molecular weight is 375 g/mol. The minimum Gasteiger partial charge on any atom is -0.314 e. The van der Waals surface area contributed by atoms with Crippen LogP contribution in [0.4, 0.5) is 0 Å². The molecule has 1 saturated heterocycles. The van der Waals surface area contributed by atoms with Crippen LogP contribution in [-0.4, -0.2) is 37.4 Å². The van der Waals surface area contributed by atoms with Crippen LogP contribution in [0.15, 0.2) is 54.6 Å². The first kappa shape index (κ1) is 29.8. The Kier molecular flexibility index (Phi) is 20.7. The monoisotopic (exact) mass is 374 g/mol. The highest BCUT2D eigenvalue weighted by molar-refractivity contribution is 5.74. The molecule has 0 aromatic heterocycles. The summed E-state index contributed by atoms with van der Waals surface area (Å²) < 4.78 is 0. The third-order valence-corrected chi connectivity index (χ3v) is 3.67. The molecule has 0 bridgehead atoms. The Bertz CT molecular complexity index is 546. The lowest BCUT2D eigenvalue weighted by Crippen LogP contribution is -2.42. The van der Waals surface area contributed by atoms with Gasteiger partial charge in [-0.15, -0.1) is 0 Å². The molecule has 27 heavy (non-hydrogen) atoms. The fourth-order valence-corrected chi connectivity index (χ4v) is 2.36. The number of nitrogens with zero attached hydrogens (tertiary/aromatic N) is 1. The molecule has 0 radical (unpaired) electrons. The first-order valence-corrected chi connectivity index (χ1v) is 8.77. The van der Waals surface area contributed by atoms with Crippen LogP contribution >= 0.6 is 0 Å². The smallest absolute Gasteiger partial charge is 0.150 e. The quantitative estimate of drug-likeness (QED) is 0.686. The van der Waals surface area contributed by atoms with Gasteiger partial charge in [0.15, 0.2) is 0 Å². The van der Waals surface area contributed by atoms with Gasteiger partial charge in [0.2, 0.25) is 0 Å². The van der Waals surface area contributed by atoms with E-state index in [-0.39, 0.29) is 22.3 Å². The summed E-state index contributed by atoms with van der Waals surface area (Å²) in [5.41, 5.74) is 3.34. The molecule has 0 atom stereocenters. The van der Waals surface area contributed by atoms with E-state index in [0.29, 0.717) is 0 Å². The molecule has 154 valence electrons. The molecular formula is C24H42N2O. The van der Waals surface area contributed by atoms with E-state index in [2.05, 4.69) is 40.5 Å². The highest BCUT2D eigenvalue weighted by atomic mass is 16.1. The third kappa shape index (κ3) is 12.9. The van der Waals surface area contributed by atoms with E-state index in [1.54, 1.807) is 0 Å². The van der Waals surface area contributed by atoms with Gasteiger partial charge < -0.3 is 5.32 Å². The van der Waals surface area contributed by atoms with Gasteiger partial charge in [0, 0.05) is 38.3 Å². The van der Waals surface area contributed by atoms with Crippen molar-refractivity contribution >= 4 is 6.29 Å². The summed E-state index contributed by atoms with van der Waals surface area (Å²) in [6, 6.07) is 18.1. The summed E-state index contributed by atoms with van der Waals surface area (Å²) in [4.78, 5) is 12.6. The molecule has 1 aliphatic heterocycles. The first-order valence-electron chi connectivity index (χ1n) is 8.77. The lowest BCUT2D eigenvalue weighted by atomic mass is 10.2. The van der Waals surface area contributed by atoms with Crippen LogP contribution in [0.3, 0.4) is 0 Å². The molecule has 0 unspecified atom stereocenters. The van der Waals surface area contributed by atoms with Crippen LogP contribution in [0.2, 0.25) is 0 Å². The molecule has 0 amide bonds. The Labute approximate surface area is 168 Å². The standard InChI is InChI=1S/C11H16N2.C8H8O.C2H6.3CH4/c1-2-4-11(5-3-1)10-13-8-6-12-7-9-13;1-7-2-4-8(6-9)5-3-7;1-2;;;/h1-5,12H,6-10H2;2-6H,1H3;1-2H3;3*1H4. The fourth-order valence-electron chi connectivity index (χ4n) is 2.36. The highest BCUT2D eigenvalue weighted by Crippen LogP contribution is 2.04. The molecular weight excluding hydrogens is 332 g/mol. The summed E-state index contributed by atoms with van der Waals surface area (Å²) in [7, 11) is 0. The fraction of sp³-hybridized carbons (Fsp3) is 0.458. The molecule has 2 aromatic carbocycles. The van der Waals surface area contributed by atoms with Crippen LogP contribution in [0.5, 0.6) is 0 Å². The van der Waals surface area contributed by atoms with Gasteiger partial charge in [0.25, 0.3) is 0 Å². The second-order valence-electron chi connectivity index (χ2n) is 5.54. The lowest BCUT2D eigenvalue weighted by Gasteiger charge is -2.27. The second kappa shape index (κ2) is 18.8. The topological polar surface area (TPSA) is 32.3 Å². The Morgan fingerprint density at radius 2 is 1.41 bits per heavy atom.